The fourth-order valence-electron chi connectivity index (χ4n) is 2.37. The molecule has 0 aliphatic heterocycles. The lowest BCUT2D eigenvalue weighted by atomic mass is 10.9. The molecule has 0 saturated heterocycles. The number of halogens is 1. The van der Waals surface area contributed by atoms with Crippen molar-refractivity contribution < 1.29 is 13.0 Å². The summed E-state index contributed by atoms with van der Waals surface area (Å²) in [7, 11) is -3.98. The van der Waals surface area contributed by atoms with E-state index in [-0.39, 0.29) is 0 Å². The van der Waals surface area contributed by atoms with Crippen LogP contribution in [-0.4, -0.2) is 16.6 Å². The van der Waals surface area contributed by atoms with Gasteiger partial charge in [-0.15, -0.1) is 0 Å². The van der Waals surface area contributed by atoms with Gasteiger partial charge in [-0.05, 0) is 36.3 Å². The molecule has 0 aromatic heterocycles. The molecule has 0 radical (unpaired) electrons. The van der Waals surface area contributed by atoms with E-state index in [0.29, 0.717) is 0 Å². The van der Waals surface area contributed by atoms with Gasteiger partial charge < -0.3 is 8.43 Å². The van der Waals surface area contributed by atoms with E-state index < -0.39 is 23.6 Å². The highest BCUT2D eigenvalue weighted by Gasteiger charge is 2.43. The average molecular weight is 345 g/mol. The topological polar surface area (TPSA) is 35.5 Å². The van der Waals surface area contributed by atoms with Crippen LogP contribution < -0.4 is 0 Å². The number of rotatable bonds is 10. The molecule has 0 aliphatic rings. The van der Waals surface area contributed by atoms with E-state index in [2.05, 4.69) is 41.5 Å². The monoisotopic (exact) mass is 344 g/mol. The Kier molecular flexibility index (Phi) is 8.73. The lowest BCUT2D eigenvalue weighted by Gasteiger charge is -2.35. The van der Waals surface area contributed by atoms with Crippen molar-refractivity contribution in [2.24, 2.45) is 0 Å². The summed E-state index contributed by atoms with van der Waals surface area (Å²) in [6.45, 7) is 9.15. The Morgan fingerprint density at radius 1 is 0.737 bits per heavy atom. The maximum absolute atomic E-state index is 12.6. The van der Waals surface area contributed by atoms with Crippen LogP contribution in [-0.2, 0) is 13.0 Å². The second kappa shape index (κ2) is 8.35. The van der Waals surface area contributed by atoms with Crippen LogP contribution in [0.2, 0.25) is 36.3 Å². The smallest absolute Gasteiger partial charge is 0.339 e. The van der Waals surface area contributed by atoms with E-state index in [1.54, 1.807) is 0 Å². The highest BCUT2D eigenvalue weighted by molar-refractivity contribution is 7.83. The summed E-state index contributed by atoms with van der Waals surface area (Å²) in [4.78, 5) is 0. The lowest BCUT2D eigenvalue weighted by Crippen LogP contribution is -2.38. The van der Waals surface area contributed by atoms with E-state index in [9.17, 15) is 4.57 Å². The van der Waals surface area contributed by atoms with Gasteiger partial charge in [-0.1, -0.05) is 41.5 Å². The summed E-state index contributed by atoms with van der Waals surface area (Å²) in [6.07, 6.45) is 0. The molecule has 0 aromatic carbocycles. The predicted octanol–water partition coefficient (Wildman–Crippen LogP) is 6.38. The van der Waals surface area contributed by atoms with Gasteiger partial charge in [0.2, 0.25) is 16.6 Å². The third kappa shape index (κ3) is 5.64. The van der Waals surface area contributed by atoms with Gasteiger partial charge in [0.05, 0.1) is 0 Å². The van der Waals surface area contributed by atoms with E-state index >= 15 is 0 Å². The Labute approximate surface area is 126 Å². The van der Waals surface area contributed by atoms with Crippen molar-refractivity contribution in [3.05, 3.63) is 0 Å². The fourth-order valence-corrected chi connectivity index (χ4v) is 15.3. The molecule has 0 rings (SSSR count). The molecule has 0 saturated carbocycles. The molecule has 7 heteroatoms. The first-order valence-corrected chi connectivity index (χ1v) is 15.0. The van der Waals surface area contributed by atoms with Crippen LogP contribution in [0.25, 0.3) is 0 Å². The van der Waals surface area contributed by atoms with Crippen LogP contribution in [0.5, 0.6) is 0 Å². The number of hydrogen-bond donors (Lipinski definition) is 0. The fraction of sp³-hybridized carbons (Fsp3) is 1.00. The van der Waals surface area contributed by atoms with E-state index in [1.807, 2.05) is 0 Å². The van der Waals surface area contributed by atoms with Gasteiger partial charge in [0.25, 0.3) is 0 Å². The van der Waals surface area contributed by atoms with Gasteiger partial charge in [0.1, 0.15) is 0 Å². The molecular weight excluding hydrogens is 315 g/mol. The average Bonchev–Trinajstić information content (AvgIpc) is 2.42. The number of hydrogen-bond acceptors (Lipinski definition) is 3. The summed E-state index contributed by atoms with van der Waals surface area (Å²) < 4.78 is 24.4. The molecular formula is C12H30ClO3PSi2. The Morgan fingerprint density at radius 2 is 0.947 bits per heavy atom. The predicted molar refractivity (Wildman–Crippen MR) is 90.0 cm³/mol. The molecule has 0 spiro atoms. The molecule has 116 valence electrons. The first kappa shape index (κ1) is 19.9. The van der Waals surface area contributed by atoms with Gasteiger partial charge in [-0.3, -0.25) is 0 Å². The minimum atomic E-state index is -3.44. The largest absolute Gasteiger partial charge is 0.404 e. The molecule has 0 heterocycles. The van der Waals surface area contributed by atoms with Crippen LogP contribution >= 0.6 is 18.2 Å². The van der Waals surface area contributed by atoms with Crippen molar-refractivity contribution in [2.45, 2.75) is 77.8 Å². The second-order valence-electron chi connectivity index (χ2n) is 5.10. The summed E-state index contributed by atoms with van der Waals surface area (Å²) >= 11 is 6.16. The van der Waals surface area contributed by atoms with Crippen molar-refractivity contribution in [1.29, 1.82) is 0 Å². The van der Waals surface area contributed by atoms with Crippen molar-refractivity contribution in [2.75, 3.05) is 0 Å². The molecule has 0 atom stereocenters. The van der Waals surface area contributed by atoms with Crippen molar-refractivity contribution in [3.63, 3.8) is 0 Å². The zero-order chi connectivity index (χ0) is 15.2. The van der Waals surface area contributed by atoms with Crippen LogP contribution in [0.4, 0.5) is 0 Å². The van der Waals surface area contributed by atoms with Gasteiger partial charge in [-0.25, -0.2) is 4.57 Å². The molecule has 19 heavy (non-hydrogen) atoms. The maximum Gasteiger partial charge on any atom is 0.404 e. The minimum absolute atomic E-state index is 0.930. The van der Waals surface area contributed by atoms with Crippen LogP contribution in [0.3, 0.4) is 0 Å². The Morgan fingerprint density at radius 3 is 1.11 bits per heavy atom. The third-order valence-electron chi connectivity index (χ3n) is 4.47. The molecule has 0 aliphatic carbocycles. The van der Waals surface area contributed by atoms with Crippen LogP contribution in [0, 0.1) is 0 Å². The molecule has 3 nitrogen and oxygen atoms in total. The van der Waals surface area contributed by atoms with Crippen molar-refractivity contribution in [3.8, 4) is 0 Å². The Bertz CT molecular complexity index is 265. The minimum Gasteiger partial charge on any atom is -0.339 e. The first-order valence-electron chi connectivity index (χ1n) is 7.49. The summed E-state index contributed by atoms with van der Waals surface area (Å²) in [5.41, 5.74) is 0. The maximum atomic E-state index is 12.6. The first-order chi connectivity index (χ1) is 8.78. The molecule has 0 aromatic rings. The quantitative estimate of drug-likeness (QED) is 0.341. The van der Waals surface area contributed by atoms with Gasteiger partial charge >= 0.3 is 6.95 Å². The summed E-state index contributed by atoms with van der Waals surface area (Å²) in [5, 5.41) is 0. The van der Waals surface area contributed by atoms with Crippen molar-refractivity contribution in [1.82, 2.24) is 0 Å². The normalized spacial score (nSPS) is 13.8. The highest BCUT2D eigenvalue weighted by Crippen LogP contribution is 2.60. The van der Waals surface area contributed by atoms with Gasteiger partial charge in [0.15, 0.2) is 0 Å². The van der Waals surface area contributed by atoms with Gasteiger partial charge in [-0.2, -0.15) is 0 Å². The van der Waals surface area contributed by atoms with Crippen LogP contribution in [0.15, 0.2) is 0 Å². The van der Waals surface area contributed by atoms with E-state index in [4.69, 9.17) is 19.7 Å². The molecule has 0 unspecified atom stereocenters. The molecule has 0 fully saturated rings. The molecule has 0 amide bonds. The summed E-state index contributed by atoms with van der Waals surface area (Å²) in [5.74, 6) is 0. The second-order valence-corrected chi connectivity index (χ2v) is 17.6. The third-order valence-corrected chi connectivity index (χ3v) is 18.3. The lowest BCUT2D eigenvalue weighted by molar-refractivity contribution is 0.391. The zero-order valence-corrected chi connectivity index (χ0v) is 16.9. The van der Waals surface area contributed by atoms with Crippen LogP contribution in [0.1, 0.15) is 41.5 Å². The standard InChI is InChI=1S/C12H30ClO3PSi2/c1-7-18(8-2,9-3)15-17(13,14)16-19(10-4,11-5)12-6/h7-12H2,1-6H3. The van der Waals surface area contributed by atoms with E-state index in [0.717, 1.165) is 36.3 Å². The zero-order valence-electron chi connectivity index (χ0n) is 13.3. The molecule has 0 N–H and O–H groups in total. The Hall–Kier alpha value is 0.874. The summed E-state index contributed by atoms with van der Waals surface area (Å²) in [6, 6.07) is 5.58. The molecule has 0 bridgehead atoms. The van der Waals surface area contributed by atoms with Gasteiger partial charge in [0, 0.05) is 11.2 Å². The highest BCUT2D eigenvalue weighted by atomic mass is 35.7. The van der Waals surface area contributed by atoms with Crippen molar-refractivity contribution >= 4 is 34.8 Å². The SMILES string of the molecule is CC[Si](CC)(CC)OP(=O)(Cl)O[Si](CC)(CC)CC. The Balaban J connectivity index is 5.02. The van der Waals surface area contributed by atoms with E-state index in [1.165, 1.54) is 0 Å².